The van der Waals surface area contributed by atoms with E-state index in [1.54, 1.807) is 0 Å². The van der Waals surface area contributed by atoms with Crippen LogP contribution in [0.2, 0.25) is 0 Å². The summed E-state index contributed by atoms with van der Waals surface area (Å²) in [5, 5.41) is 4.34. The van der Waals surface area contributed by atoms with Crippen LogP contribution in [0.1, 0.15) is 40.2 Å². The van der Waals surface area contributed by atoms with Crippen LogP contribution >= 0.6 is 23.5 Å². The zero-order chi connectivity index (χ0) is 14.7. The lowest BCUT2D eigenvalue weighted by molar-refractivity contribution is 0.0951. The Morgan fingerprint density at radius 1 is 1.33 bits per heavy atom. The van der Waals surface area contributed by atoms with Gasteiger partial charge in [-0.15, -0.1) is 11.8 Å². The van der Waals surface area contributed by atoms with E-state index in [-0.39, 0.29) is 11.0 Å². The van der Waals surface area contributed by atoms with Gasteiger partial charge in [0.2, 0.25) is 5.89 Å². The second-order valence-corrected chi connectivity index (χ2v) is 7.34. The second kappa shape index (κ2) is 6.66. The largest absolute Gasteiger partial charge is 0.339 e. The molecule has 110 valence electrons. The monoisotopic (exact) mass is 320 g/mol. The number of benzene rings is 1. The molecule has 0 aliphatic carbocycles. The zero-order valence-electron chi connectivity index (χ0n) is 11.7. The first kappa shape index (κ1) is 14.7. The van der Waals surface area contributed by atoms with Crippen molar-refractivity contribution >= 4 is 29.3 Å². The van der Waals surface area contributed by atoms with Crippen molar-refractivity contribution in [3.05, 3.63) is 47.6 Å². The Hall–Kier alpha value is -1.27. The van der Waals surface area contributed by atoms with E-state index < -0.39 is 5.92 Å². The molecule has 1 aliphatic rings. The van der Waals surface area contributed by atoms with Crippen LogP contribution in [0, 0.1) is 0 Å². The molecule has 0 N–H and O–H groups in total. The fourth-order valence-corrected chi connectivity index (χ4v) is 4.74. The summed E-state index contributed by atoms with van der Waals surface area (Å²) in [5.74, 6) is 4.02. The van der Waals surface area contributed by atoms with Gasteiger partial charge in [-0.25, -0.2) is 0 Å². The van der Waals surface area contributed by atoms with E-state index in [0.717, 1.165) is 17.3 Å². The third kappa shape index (κ3) is 3.32. The number of carbonyl (C=O) groups is 1. The van der Waals surface area contributed by atoms with Crippen LogP contribution in [0.15, 0.2) is 34.9 Å². The minimum absolute atomic E-state index is 0.0106. The number of rotatable bonds is 4. The quantitative estimate of drug-likeness (QED) is 0.803. The van der Waals surface area contributed by atoms with Gasteiger partial charge < -0.3 is 4.52 Å². The van der Waals surface area contributed by atoms with Crippen LogP contribution in [0.5, 0.6) is 0 Å². The highest BCUT2D eigenvalue weighted by atomic mass is 32.2. The zero-order valence-corrected chi connectivity index (χ0v) is 13.3. The third-order valence-corrected chi connectivity index (χ3v) is 6.13. The molecule has 0 radical (unpaired) electrons. The third-order valence-electron chi connectivity index (χ3n) is 3.38. The molecule has 1 aromatic carbocycles. The summed E-state index contributed by atoms with van der Waals surface area (Å²) < 4.78 is 5.32. The summed E-state index contributed by atoms with van der Waals surface area (Å²) in [6.07, 6.45) is 0. The van der Waals surface area contributed by atoms with Crippen molar-refractivity contribution in [2.45, 2.75) is 18.1 Å². The standard InChI is InChI=1S/C15H16N2O2S2/c1-10(13(18)11-5-3-2-4-6-11)15-16-14(17-19-15)12-9-20-7-8-21-12/h2-6,10,12H,7-9H2,1H3. The Labute approximate surface area is 132 Å². The fraction of sp³-hybridized carbons (Fsp3) is 0.400. The minimum Gasteiger partial charge on any atom is -0.339 e. The highest BCUT2D eigenvalue weighted by molar-refractivity contribution is 8.06. The molecule has 2 heterocycles. The van der Waals surface area contributed by atoms with Gasteiger partial charge >= 0.3 is 0 Å². The first-order valence-electron chi connectivity index (χ1n) is 6.88. The van der Waals surface area contributed by atoms with E-state index >= 15 is 0 Å². The van der Waals surface area contributed by atoms with Crippen LogP contribution in [-0.2, 0) is 0 Å². The van der Waals surface area contributed by atoms with Crippen LogP contribution in [0.25, 0.3) is 0 Å². The fourth-order valence-electron chi connectivity index (χ4n) is 2.16. The SMILES string of the molecule is CC(C(=O)c1ccccc1)c1nc(C2CSCCS2)no1. The maximum atomic E-state index is 12.4. The molecule has 21 heavy (non-hydrogen) atoms. The van der Waals surface area contributed by atoms with E-state index in [2.05, 4.69) is 10.1 Å². The Bertz CT molecular complexity index is 609. The van der Waals surface area contributed by atoms with Crippen molar-refractivity contribution in [2.75, 3.05) is 17.3 Å². The van der Waals surface area contributed by atoms with Crippen LogP contribution < -0.4 is 0 Å². The molecule has 1 fully saturated rings. The molecule has 0 spiro atoms. The van der Waals surface area contributed by atoms with Gasteiger partial charge in [0.05, 0.1) is 11.2 Å². The average Bonchev–Trinajstić information content (AvgIpc) is 3.05. The lowest BCUT2D eigenvalue weighted by atomic mass is 9.99. The molecule has 4 nitrogen and oxygen atoms in total. The molecule has 2 atom stereocenters. The summed E-state index contributed by atoms with van der Waals surface area (Å²) >= 11 is 3.76. The van der Waals surface area contributed by atoms with Crippen molar-refractivity contribution in [1.29, 1.82) is 0 Å². The van der Waals surface area contributed by atoms with Gasteiger partial charge in [-0.1, -0.05) is 35.5 Å². The van der Waals surface area contributed by atoms with Crippen LogP contribution in [0.4, 0.5) is 0 Å². The van der Waals surface area contributed by atoms with Gasteiger partial charge in [-0.2, -0.15) is 16.7 Å². The number of Topliss-reactive ketones (excluding diaryl/α,β-unsaturated/α-hetero) is 1. The Kier molecular flexibility index (Phi) is 4.65. The summed E-state index contributed by atoms with van der Waals surface area (Å²) in [4.78, 5) is 16.8. The Balaban J connectivity index is 1.74. The van der Waals surface area contributed by atoms with Crippen molar-refractivity contribution < 1.29 is 9.32 Å². The van der Waals surface area contributed by atoms with Gasteiger partial charge in [0, 0.05) is 22.8 Å². The van der Waals surface area contributed by atoms with Crippen LogP contribution in [-0.4, -0.2) is 33.2 Å². The summed E-state index contributed by atoms with van der Waals surface area (Å²) in [5.41, 5.74) is 0.673. The van der Waals surface area contributed by atoms with Gasteiger partial charge in [-0.3, -0.25) is 4.79 Å². The van der Waals surface area contributed by atoms with Crippen molar-refractivity contribution in [2.24, 2.45) is 0 Å². The molecule has 6 heteroatoms. The van der Waals surface area contributed by atoms with Crippen molar-refractivity contribution in [3.8, 4) is 0 Å². The molecule has 0 saturated carbocycles. The lowest BCUT2D eigenvalue weighted by Gasteiger charge is -2.17. The molecule has 1 aliphatic heterocycles. The van der Waals surface area contributed by atoms with Crippen LogP contribution in [0.3, 0.4) is 0 Å². The minimum atomic E-state index is -0.408. The second-order valence-electron chi connectivity index (χ2n) is 4.88. The summed E-state index contributed by atoms with van der Waals surface area (Å²) in [6.45, 7) is 1.81. The summed E-state index contributed by atoms with van der Waals surface area (Å²) in [6, 6.07) is 9.22. The number of thioether (sulfide) groups is 2. The van der Waals surface area contributed by atoms with Gasteiger partial charge in [0.1, 0.15) is 0 Å². The highest BCUT2D eigenvalue weighted by Crippen LogP contribution is 2.35. The molecule has 0 bridgehead atoms. The predicted molar refractivity (Wildman–Crippen MR) is 86.0 cm³/mol. The molecule has 0 amide bonds. The Morgan fingerprint density at radius 2 is 2.14 bits per heavy atom. The summed E-state index contributed by atoms with van der Waals surface area (Å²) in [7, 11) is 0. The first-order valence-corrected chi connectivity index (χ1v) is 9.08. The van der Waals surface area contributed by atoms with Crippen molar-refractivity contribution in [1.82, 2.24) is 10.1 Å². The first-order chi connectivity index (χ1) is 10.3. The van der Waals surface area contributed by atoms with Crippen molar-refractivity contribution in [3.63, 3.8) is 0 Å². The molecular weight excluding hydrogens is 304 g/mol. The van der Waals surface area contributed by atoms with Gasteiger partial charge in [-0.05, 0) is 6.92 Å². The number of ketones is 1. The van der Waals surface area contributed by atoms with E-state index in [1.807, 2.05) is 60.8 Å². The molecule has 1 aromatic heterocycles. The predicted octanol–water partition coefficient (Wildman–Crippen LogP) is 3.58. The molecule has 2 aromatic rings. The normalized spacial score (nSPS) is 20.1. The number of carbonyl (C=O) groups excluding carboxylic acids is 1. The van der Waals surface area contributed by atoms with E-state index in [9.17, 15) is 4.79 Å². The topological polar surface area (TPSA) is 56.0 Å². The number of hydrogen-bond donors (Lipinski definition) is 0. The van der Waals surface area contributed by atoms with E-state index in [1.165, 1.54) is 5.75 Å². The molecule has 3 rings (SSSR count). The van der Waals surface area contributed by atoms with E-state index in [0.29, 0.717) is 11.5 Å². The average molecular weight is 320 g/mol. The number of nitrogens with zero attached hydrogens (tertiary/aromatic N) is 2. The van der Waals surface area contributed by atoms with Gasteiger partial charge in [0.15, 0.2) is 11.6 Å². The molecule has 1 saturated heterocycles. The number of hydrogen-bond acceptors (Lipinski definition) is 6. The maximum Gasteiger partial charge on any atom is 0.237 e. The van der Waals surface area contributed by atoms with E-state index in [4.69, 9.17) is 4.52 Å². The molecular formula is C15H16N2O2S2. The number of aromatic nitrogens is 2. The maximum absolute atomic E-state index is 12.4. The van der Waals surface area contributed by atoms with Gasteiger partial charge in [0.25, 0.3) is 0 Å². The lowest BCUT2D eigenvalue weighted by Crippen LogP contribution is -2.11. The smallest absolute Gasteiger partial charge is 0.237 e. The highest BCUT2D eigenvalue weighted by Gasteiger charge is 2.26. The Morgan fingerprint density at radius 3 is 2.86 bits per heavy atom. The molecule has 2 unspecified atom stereocenters.